The van der Waals surface area contributed by atoms with Gasteiger partial charge in [0.25, 0.3) is 0 Å². The molecule has 1 aromatic heterocycles. The summed E-state index contributed by atoms with van der Waals surface area (Å²) in [5.74, 6) is -2.30. The number of H-pyrrole nitrogens is 1. The number of nitrogens with zero attached hydrogens (tertiary/aromatic N) is 1. The maximum absolute atomic E-state index is 10.9. The molecule has 0 radical (unpaired) electrons. The summed E-state index contributed by atoms with van der Waals surface area (Å²) in [5, 5.41) is 8.41. The Bertz CT molecular complexity index is 319. The van der Waals surface area contributed by atoms with E-state index in [1.807, 2.05) is 12.1 Å². The van der Waals surface area contributed by atoms with Gasteiger partial charge in [-0.3, -0.25) is 4.79 Å². The topological polar surface area (TPSA) is 73.4 Å². The average molecular weight is 196 g/mol. The Hall–Kier alpha value is -1.78. The second-order valence-electron chi connectivity index (χ2n) is 2.98. The fraction of sp³-hybridized carbons (Fsp3) is 0.333. The van der Waals surface area contributed by atoms with Crippen LogP contribution >= 0.6 is 0 Å². The van der Waals surface area contributed by atoms with Crippen LogP contribution in [0.2, 0.25) is 0 Å². The van der Waals surface area contributed by atoms with Gasteiger partial charge in [-0.25, -0.2) is 4.79 Å². The zero-order chi connectivity index (χ0) is 10.6. The zero-order valence-electron chi connectivity index (χ0n) is 7.86. The van der Waals surface area contributed by atoms with Crippen molar-refractivity contribution in [2.24, 2.45) is 0 Å². The van der Waals surface area contributed by atoms with E-state index in [2.05, 4.69) is 4.98 Å². The zero-order valence-corrected chi connectivity index (χ0v) is 7.86. The molecule has 1 amide bonds. The van der Waals surface area contributed by atoms with Gasteiger partial charge in [0.15, 0.2) is 0 Å². The van der Waals surface area contributed by atoms with Crippen LogP contribution in [0.1, 0.15) is 5.69 Å². The third-order valence-electron chi connectivity index (χ3n) is 1.91. The molecule has 0 spiro atoms. The first-order chi connectivity index (χ1) is 6.61. The SMILES string of the molecule is CN(CCc1ccc[nH]1)C(=O)C(=O)O. The van der Waals surface area contributed by atoms with E-state index in [0.717, 1.165) is 5.69 Å². The Labute approximate surface area is 81.3 Å². The van der Waals surface area contributed by atoms with Gasteiger partial charge in [-0.2, -0.15) is 0 Å². The maximum Gasteiger partial charge on any atom is 0.394 e. The van der Waals surface area contributed by atoms with Crippen molar-refractivity contribution in [2.75, 3.05) is 13.6 Å². The first-order valence-electron chi connectivity index (χ1n) is 4.22. The summed E-state index contributed by atoms with van der Waals surface area (Å²) in [6.45, 7) is 0.394. The number of carbonyl (C=O) groups excluding carboxylic acids is 1. The van der Waals surface area contributed by atoms with E-state index >= 15 is 0 Å². The number of aromatic amines is 1. The third kappa shape index (κ3) is 2.62. The minimum absolute atomic E-state index is 0.394. The minimum Gasteiger partial charge on any atom is -0.474 e. The number of rotatable bonds is 3. The van der Waals surface area contributed by atoms with Crippen LogP contribution in [-0.4, -0.2) is 40.5 Å². The highest BCUT2D eigenvalue weighted by Crippen LogP contribution is 1.97. The summed E-state index contributed by atoms with van der Waals surface area (Å²) < 4.78 is 0. The highest BCUT2D eigenvalue weighted by molar-refractivity contribution is 6.31. The normalized spacial score (nSPS) is 9.79. The average Bonchev–Trinajstić information content (AvgIpc) is 2.65. The fourth-order valence-corrected chi connectivity index (χ4v) is 1.08. The number of hydrogen-bond donors (Lipinski definition) is 2. The number of aromatic nitrogens is 1. The van der Waals surface area contributed by atoms with E-state index in [1.165, 1.54) is 11.9 Å². The molecule has 1 heterocycles. The Morgan fingerprint density at radius 3 is 2.79 bits per heavy atom. The number of carboxylic acids is 1. The van der Waals surface area contributed by atoms with Gasteiger partial charge in [0, 0.05) is 31.9 Å². The summed E-state index contributed by atoms with van der Waals surface area (Å²) in [7, 11) is 1.47. The number of amides is 1. The predicted molar refractivity (Wildman–Crippen MR) is 49.8 cm³/mol. The molecular formula is C9H12N2O3. The molecule has 1 rings (SSSR count). The molecule has 5 nitrogen and oxygen atoms in total. The summed E-state index contributed by atoms with van der Waals surface area (Å²) >= 11 is 0. The van der Waals surface area contributed by atoms with Crippen molar-refractivity contribution in [3.8, 4) is 0 Å². The number of carbonyl (C=O) groups is 2. The molecule has 0 bridgehead atoms. The van der Waals surface area contributed by atoms with E-state index in [1.54, 1.807) is 6.20 Å². The van der Waals surface area contributed by atoms with Crippen LogP contribution in [-0.2, 0) is 16.0 Å². The molecule has 0 saturated carbocycles. The van der Waals surface area contributed by atoms with E-state index in [-0.39, 0.29) is 0 Å². The van der Waals surface area contributed by atoms with Gasteiger partial charge >= 0.3 is 11.9 Å². The second-order valence-corrected chi connectivity index (χ2v) is 2.98. The Kier molecular flexibility index (Phi) is 3.28. The van der Waals surface area contributed by atoms with Crippen LogP contribution in [0.5, 0.6) is 0 Å². The van der Waals surface area contributed by atoms with Crippen molar-refractivity contribution in [1.82, 2.24) is 9.88 Å². The Balaban J connectivity index is 2.38. The number of nitrogens with one attached hydrogen (secondary N) is 1. The fourth-order valence-electron chi connectivity index (χ4n) is 1.08. The lowest BCUT2D eigenvalue weighted by Crippen LogP contribution is -2.34. The van der Waals surface area contributed by atoms with Crippen molar-refractivity contribution in [3.63, 3.8) is 0 Å². The summed E-state index contributed by atoms with van der Waals surface area (Å²) in [6, 6.07) is 3.74. The van der Waals surface area contributed by atoms with Crippen LogP contribution in [0.25, 0.3) is 0 Å². The van der Waals surface area contributed by atoms with Crippen molar-refractivity contribution < 1.29 is 14.7 Å². The summed E-state index contributed by atoms with van der Waals surface area (Å²) in [6.07, 6.45) is 2.41. The monoisotopic (exact) mass is 196 g/mol. The highest BCUT2D eigenvalue weighted by Gasteiger charge is 2.16. The first kappa shape index (κ1) is 10.3. The lowest BCUT2D eigenvalue weighted by Gasteiger charge is -2.13. The number of carboxylic acid groups (broad SMARTS) is 1. The third-order valence-corrected chi connectivity index (χ3v) is 1.91. The molecule has 0 atom stereocenters. The van der Waals surface area contributed by atoms with Gasteiger partial charge in [0.05, 0.1) is 0 Å². The van der Waals surface area contributed by atoms with Crippen molar-refractivity contribution in [1.29, 1.82) is 0 Å². The van der Waals surface area contributed by atoms with Crippen LogP contribution in [0.3, 0.4) is 0 Å². The molecule has 1 aromatic rings. The van der Waals surface area contributed by atoms with Gasteiger partial charge in [-0.1, -0.05) is 0 Å². The molecule has 2 N–H and O–H groups in total. The minimum atomic E-state index is -1.42. The van der Waals surface area contributed by atoms with Crippen LogP contribution in [0.4, 0.5) is 0 Å². The lowest BCUT2D eigenvalue weighted by molar-refractivity contribution is -0.155. The van der Waals surface area contributed by atoms with E-state index in [0.29, 0.717) is 13.0 Å². The van der Waals surface area contributed by atoms with Crippen molar-refractivity contribution >= 4 is 11.9 Å². The Morgan fingerprint density at radius 1 is 1.57 bits per heavy atom. The summed E-state index contributed by atoms with van der Waals surface area (Å²) in [4.78, 5) is 25.4. The molecular weight excluding hydrogens is 184 g/mol. The number of likely N-dealkylation sites (N-methyl/N-ethyl adjacent to an activating group) is 1. The first-order valence-corrected chi connectivity index (χ1v) is 4.22. The standard InChI is InChI=1S/C9H12N2O3/c1-11(8(12)9(13)14)6-4-7-3-2-5-10-7/h2-3,5,10H,4,6H2,1H3,(H,13,14). The molecule has 14 heavy (non-hydrogen) atoms. The molecule has 0 aromatic carbocycles. The molecule has 0 aliphatic rings. The van der Waals surface area contributed by atoms with E-state index < -0.39 is 11.9 Å². The molecule has 0 aliphatic heterocycles. The predicted octanol–water partition coefficient (Wildman–Crippen LogP) is 0.100. The van der Waals surface area contributed by atoms with Crippen molar-refractivity contribution in [2.45, 2.75) is 6.42 Å². The largest absolute Gasteiger partial charge is 0.474 e. The number of hydrogen-bond acceptors (Lipinski definition) is 2. The smallest absolute Gasteiger partial charge is 0.394 e. The molecule has 0 aliphatic carbocycles. The van der Waals surface area contributed by atoms with Crippen LogP contribution < -0.4 is 0 Å². The van der Waals surface area contributed by atoms with Crippen LogP contribution in [0, 0.1) is 0 Å². The quantitative estimate of drug-likeness (QED) is 0.673. The molecule has 0 fully saturated rings. The maximum atomic E-state index is 10.9. The highest BCUT2D eigenvalue weighted by atomic mass is 16.4. The molecule has 5 heteroatoms. The van der Waals surface area contributed by atoms with Crippen molar-refractivity contribution in [3.05, 3.63) is 24.0 Å². The molecule has 0 unspecified atom stereocenters. The summed E-state index contributed by atoms with van der Waals surface area (Å²) in [5.41, 5.74) is 0.982. The number of aliphatic carboxylic acids is 1. The van der Waals surface area contributed by atoms with Gasteiger partial charge < -0.3 is 15.0 Å². The van der Waals surface area contributed by atoms with Gasteiger partial charge in [0.2, 0.25) is 0 Å². The molecule has 76 valence electrons. The van der Waals surface area contributed by atoms with E-state index in [4.69, 9.17) is 5.11 Å². The second kappa shape index (κ2) is 4.45. The van der Waals surface area contributed by atoms with Crippen LogP contribution in [0.15, 0.2) is 18.3 Å². The Morgan fingerprint density at radius 2 is 2.29 bits per heavy atom. The lowest BCUT2D eigenvalue weighted by atomic mass is 10.3. The van der Waals surface area contributed by atoms with Gasteiger partial charge in [-0.15, -0.1) is 0 Å². The van der Waals surface area contributed by atoms with E-state index in [9.17, 15) is 9.59 Å². The van der Waals surface area contributed by atoms with Gasteiger partial charge in [0.1, 0.15) is 0 Å². The van der Waals surface area contributed by atoms with Gasteiger partial charge in [-0.05, 0) is 12.1 Å². The molecule has 0 saturated heterocycles.